The lowest BCUT2D eigenvalue weighted by molar-refractivity contribution is -0.147. The number of ether oxygens (including phenoxy) is 4. The fourth-order valence-electron chi connectivity index (χ4n) is 2.85. The van der Waals surface area contributed by atoms with Crippen molar-refractivity contribution < 1.29 is 28.5 Å². The molecule has 7 heteroatoms. The molecule has 30 heavy (non-hydrogen) atoms. The van der Waals surface area contributed by atoms with Crippen molar-refractivity contribution in [2.24, 2.45) is 0 Å². The molecule has 0 atom stereocenters. The van der Waals surface area contributed by atoms with Crippen LogP contribution in [0.2, 0.25) is 0 Å². The van der Waals surface area contributed by atoms with Crippen molar-refractivity contribution >= 4 is 18.0 Å². The lowest BCUT2D eigenvalue weighted by Crippen LogP contribution is -2.30. The summed E-state index contributed by atoms with van der Waals surface area (Å²) in [5, 5.41) is 0. The van der Waals surface area contributed by atoms with Crippen molar-refractivity contribution in [1.29, 1.82) is 0 Å². The van der Waals surface area contributed by atoms with Crippen LogP contribution in [0.1, 0.15) is 18.1 Å². The van der Waals surface area contributed by atoms with Gasteiger partial charge in [0.1, 0.15) is 19.0 Å². The van der Waals surface area contributed by atoms with Gasteiger partial charge in [-0.25, -0.2) is 4.79 Å². The number of fused-ring (bicyclic) bond motifs is 1. The molecule has 1 heterocycles. The molecule has 2 aromatic carbocycles. The van der Waals surface area contributed by atoms with Gasteiger partial charge in [0.2, 0.25) is 0 Å². The van der Waals surface area contributed by atoms with Crippen molar-refractivity contribution in [3.05, 3.63) is 59.7 Å². The van der Waals surface area contributed by atoms with Gasteiger partial charge in [0.05, 0.1) is 6.61 Å². The molecule has 1 aliphatic rings. The maximum atomic E-state index is 12.3. The van der Waals surface area contributed by atoms with E-state index in [0.717, 1.165) is 16.9 Å². The molecule has 0 saturated carbocycles. The highest BCUT2D eigenvalue weighted by molar-refractivity contribution is 5.89. The number of carbonyl (C=O) groups is 2. The number of amides is 1. The highest BCUT2D eigenvalue weighted by Gasteiger charge is 2.15. The molecule has 0 fully saturated rings. The Kier molecular flexibility index (Phi) is 7.32. The van der Waals surface area contributed by atoms with Gasteiger partial charge in [0.15, 0.2) is 18.1 Å². The Balaban J connectivity index is 1.45. The first-order valence-corrected chi connectivity index (χ1v) is 9.75. The number of carbonyl (C=O) groups excluding carboxylic acids is 2. The monoisotopic (exact) mass is 411 g/mol. The van der Waals surface area contributed by atoms with Crippen molar-refractivity contribution in [2.75, 3.05) is 33.5 Å². The summed E-state index contributed by atoms with van der Waals surface area (Å²) in [5.74, 6) is 1.26. The van der Waals surface area contributed by atoms with Crippen LogP contribution in [-0.2, 0) is 20.9 Å². The van der Waals surface area contributed by atoms with E-state index in [9.17, 15) is 9.59 Å². The van der Waals surface area contributed by atoms with E-state index in [1.54, 1.807) is 13.1 Å². The molecule has 0 bridgehead atoms. The molecule has 0 N–H and O–H groups in total. The fourth-order valence-corrected chi connectivity index (χ4v) is 2.85. The molecular formula is C23H25NO6. The van der Waals surface area contributed by atoms with Crippen LogP contribution >= 0.6 is 0 Å². The van der Waals surface area contributed by atoms with E-state index in [2.05, 4.69) is 0 Å². The summed E-state index contributed by atoms with van der Waals surface area (Å²) in [4.78, 5) is 25.7. The van der Waals surface area contributed by atoms with Gasteiger partial charge in [-0.2, -0.15) is 0 Å². The summed E-state index contributed by atoms with van der Waals surface area (Å²) in [7, 11) is 1.66. The van der Waals surface area contributed by atoms with Crippen LogP contribution in [0.4, 0.5) is 0 Å². The smallest absolute Gasteiger partial charge is 0.331 e. The normalized spacial score (nSPS) is 12.5. The SMILES string of the molecule is CCOc1ccc(/C=C/C(=O)OCC(=O)N(C)Cc2ccc3c(c2)OCCO3)cc1. The highest BCUT2D eigenvalue weighted by Crippen LogP contribution is 2.31. The molecule has 0 spiro atoms. The lowest BCUT2D eigenvalue weighted by atomic mass is 10.2. The molecule has 3 rings (SSSR count). The van der Waals surface area contributed by atoms with Gasteiger partial charge in [0.25, 0.3) is 5.91 Å². The van der Waals surface area contributed by atoms with Crippen molar-refractivity contribution in [3.8, 4) is 17.2 Å². The number of nitrogens with zero attached hydrogens (tertiary/aromatic N) is 1. The third-order valence-corrected chi connectivity index (χ3v) is 4.39. The Morgan fingerprint density at radius 3 is 2.53 bits per heavy atom. The second-order valence-electron chi connectivity index (χ2n) is 6.67. The van der Waals surface area contributed by atoms with Crippen LogP contribution in [0.25, 0.3) is 6.08 Å². The summed E-state index contributed by atoms with van der Waals surface area (Å²) in [6.07, 6.45) is 2.92. The van der Waals surface area contributed by atoms with Gasteiger partial charge >= 0.3 is 5.97 Å². The first-order chi connectivity index (χ1) is 14.5. The molecule has 2 aromatic rings. The zero-order valence-corrected chi connectivity index (χ0v) is 17.1. The minimum atomic E-state index is -0.579. The number of esters is 1. The predicted octanol–water partition coefficient (Wildman–Crippen LogP) is 3.07. The summed E-state index contributed by atoms with van der Waals surface area (Å²) in [6, 6.07) is 12.9. The van der Waals surface area contributed by atoms with E-state index in [1.807, 2.05) is 49.4 Å². The Labute approximate surface area is 175 Å². The van der Waals surface area contributed by atoms with Gasteiger partial charge in [-0.05, 0) is 48.4 Å². The molecule has 1 aliphatic heterocycles. The second-order valence-corrected chi connectivity index (χ2v) is 6.67. The summed E-state index contributed by atoms with van der Waals surface area (Å²) in [5.41, 5.74) is 1.73. The first-order valence-electron chi connectivity index (χ1n) is 9.75. The Morgan fingerprint density at radius 2 is 1.80 bits per heavy atom. The molecule has 158 valence electrons. The van der Waals surface area contributed by atoms with Crippen LogP contribution < -0.4 is 14.2 Å². The number of rotatable bonds is 8. The standard InChI is InChI=1S/C23H25NO6/c1-3-27-19-8-4-17(5-9-19)7-11-23(26)30-16-22(25)24(2)15-18-6-10-20-21(14-18)29-13-12-28-20/h4-11,14H,3,12-13,15-16H2,1-2H3/b11-7+. The van der Waals surface area contributed by atoms with Crippen molar-refractivity contribution in [2.45, 2.75) is 13.5 Å². The number of benzene rings is 2. The molecule has 0 radical (unpaired) electrons. The number of hydrogen-bond acceptors (Lipinski definition) is 6. The van der Waals surface area contributed by atoms with Crippen molar-refractivity contribution in [1.82, 2.24) is 4.90 Å². The minimum absolute atomic E-state index is 0.298. The first kappa shape index (κ1) is 21.2. The molecule has 1 amide bonds. The van der Waals surface area contributed by atoms with E-state index in [0.29, 0.717) is 37.9 Å². The van der Waals surface area contributed by atoms with E-state index < -0.39 is 5.97 Å². The number of hydrogen-bond donors (Lipinski definition) is 0. The maximum absolute atomic E-state index is 12.3. The Bertz CT molecular complexity index is 906. The molecule has 0 aliphatic carbocycles. The molecule has 0 saturated heterocycles. The largest absolute Gasteiger partial charge is 0.494 e. The van der Waals surface area contributed by atoms with Gasteiger partial charge in [-0.15, -0.1) is 0 Å². The topological polar surface area (TPSA) is 74.3 Å². The molecule has 0 aromatic heterocycles. The fraction of sp³-hybridized carbons (Fsp3) is 0.304. The predicted molar refractivity (Wildman–Crippen MR) is 112 cm³/mol. The highest BCUT2D eigenvalue weighted by atomic mass is 16.6. The summed E-state index contributed by atoms with van der Waals surface area (Å²) in [6.45, 7) is 3.59. The average molecular weight is 411 g/mol. The van der Waals surface area contributed by atoms with Crippen LogP contribution in [0, 0.1) is 0 Å². The zero-order valence-electron chi connectivity index (χ0n) is 17.1. The maximum Gasteiger partial charge on any atom is 0.331 e. The minimum Gasteiger partial charge on any atom is -0.494 e. The number of likely N-dealkylation sites (N-methyl/N-ethyl adjacent to an activating group) is 1. The molecule has 7 nitrogen and oxygen atoms in total. The second kappa shape index (κ2) is 10.3. The van der Waals surface area contributed by atoms with E-state index in [1.165, 1.54) is 11.0 Å². The lowest BCUT2D eigenvalue weighted by Gasteiger charge is -2.21. The van der Waals surface area contributed by atoms with E-state index in [-0.39, 0.29) is 12.5 Å². The third-order valence-electron chi connectivity index (χ3n) is 4.39. The summed E-state index contributed by atoms with van der Waals surface area (Å²) >= 11 is 0. The molecule has 0 unspecified atom stereocenters. The van der Waals surface area contributed by atoms with Crippen LogP contribution in [0.3, 0.4) is 0 Å². The third kappa shape index (κ3) is 6.01. The van der Waals surface area contributed by atoms with Gasteiger partial charge in [-0.1, -0.05) is 18.2 Å². The van der Waals surface area contributed by atoms with Gasteiger partial charge < -0.3 is 23.8 Å². The van der Waals surface area contributed by atoms with E-state index >= 15 is 0 Å². The van der Waals surface area contributed by atoms with Crippen LogP contribution in [0.15, 0.2) is 48.5 Å². The quantitative estimate of drug-likeness (QED) is 0.491. The van der Waals surface area contributed by atoms with Crippen molar-refractivity contribution in [3.63, 3.8) is 0 Å². The van der Waals surface area contributed by atoms with Gasteiger partial charge in [0, 0.05) is 19.7 Å². The zero-order chi connectivity index (χ0) is 21.3. The van der Waals surface area contributed by atoms with E-state index in [4.69, 9.17) is 18.9 Å². The molecular weight excluding hydrogens is 386 g/mol. The Hall–Kier alpha value is -3.48. The van der Waals surface area contributed by atoms with Crippen LogP contribution in [-0.4, -0.2) is 50.3 Å². The average Bonchev–Trinajstić information content (AvgIpc) is 2.77. The Morgan fingerprint density at radius 1 is 1.07 bits per heavy atom. The van der Waals surface area contributed by atoms with Gasteiger partial charge in [-0.3, -0.25) is 4.79 Å². The van der Waals surface area contributed by atoms with Crippen LogP contribution in [0.5, 0.6) is 17.2 Å². The summed E-state index contributed by atoms with van der Waals surface area (Å²) < 4.78 is 21.5.